The SMILES string of the molecule is O=C(CN1C(=O)CCC1=O)NCc1cc(-c2ccco2)cs1. The molecule has 0 aromatic carbocycles. The van der Waals surface area contributed by atoms with Gasteiger partial charge in [0.1, 0.15) is 12.3 Å². The predicted octanol–water partition coefficient (Wildman–Crippen LogP) is 1.77. The Morgan fingerprint density at radius 1 is 1.32 bits per heavy atom. The third-order valence-electron chi connectivity index (χ3n) is 3.38. The van der Waals surface area contributed by atoms with Gasteiger partial charge in [0.25, 0.3) is 0 Å². The van der Waals surface area contributed by atoms with Crippen LogP contribution in [0.3, 0.4) is 0 Å². The molecule has 1 fully saturated rings. The van der Waals surface area contributed by atoms with Crippen LogP contribution >= 0.6 is 11.3 Å². The first-order valence-corrected chi connectivity index (χ1v) is 7.72. The lowest BCUT2D eigenvalue weighted by Crippen LogP contribution is -2.39. The summed E-state index contributed by atoms with van der Waals surface area (Å²) in [7, 11) is 0. The Balaban J connectivity index is 1.53. The maximum Gasteiger partial charge on any atom is 0.240 e. The molecule has 1 aliphatic heterocycles. The second-order valence-corrected chi connectivity index (χ2v) is 5.93. The molecule has 2 aromatic rings. The van der Waals surface area contributed by atoms with Gasteiger partial charge in [-0.05, 0) is 18.2 Å². The Labute approximate surface area is 130 Å². The summed E-state index contributed by atoms with van der Waals surface area (Å²) < 4.78 is 5.31. The zero-order valence-electron chi connectivity index (χ0n) is 11.7. The van der Waals surface area contributed by atoms with Gasteiger partial charge >= 0.3 is 0 Å². The van der Waals surface area contributed by atoms with E-state index in [4.69, 9.17) is 4.42 Å². The number of thiophene rings is 1. The standard InChI is InChI=1S/C15H14N2O4S/c18-13(8-17-14(19)3-4-15(17)20)16-7-11-6-10(9-22-11)12-2-1-5-21-12/h1-2,5-6,9H,3-4,7-8H2,(H,16,18). The molecule has 1 saturated heterocycles. The van der Waals surface area contributed by atoms with E-state index in [1.807, 2.05) is 23.6 Å². The zero-order chi connectivity index (χ0) is 15.5. The fourth-order valence-electron chi connectivity index (χ4n) is 2.23. The molecule has 0 saturated carbocycles. The molecule has 6 nitrogen and oxygen atoms in total. The molecule has 0 unspecified atom stereocenters. The molecule has 22 heavy (non-hydrogen) atoms. The number of carbonyl (C=O) groups excluding carboxylic acids is 3. The lowest BCUT2D eigenvalue weighted by atomic mass is 10.2. The van der Waals surface area contributed by atoms with Crippen LogP contribution in [0, 0.1) is 0 Å². The maximum atomic E-state index is 11.8. The van der Waals surface area contributed by atoms with Crippen molar-refractivity contribution in [2.24, 2.45) is 0 Å². The summed E-state index contributed by atoms with van der Waals surface area (Å²) in [5.41, 5.74) is 0.962. The molecule has 7 heteroatoms. The van der Waals surface area contributed by atoms with Crippen molar-refractivity contribution >= 4 is 29.1 Å². The van der Waals surface area contributed by atoms with Crippen molar-refractivity contribution in [1.29, 1.82) is 0 Å². The van der Waals surface area contributed by atoms with Gasteiger partial charge in [0, 0.05) is 28.7 Å². The summed E-state index contributed by atoms with van der Waals surface area (Å²) in [6.07, 6.45) is 2.01. The number of imide groups is 1. The van der Waals surface area contributed by atoms with Crippen LogP contribution in [0.15, 0.2) is 34.3 Å². The molecular formula is C15H14N2O4S. The highest BCUT2D eigenvalue weighted by Crippen LogP contribution is 2.25. The maximum absolute atomic E-state index is 11.8. The minimum absolute atomic E-state index is 0.198. The monoisotopic (exact) mass is 318 g/mol. The molecule has 0 radical (unpaired) electrons. The van der Waals surface area contributed by atoms with Crippen LogP contribution in [-0.2, 0) is 20.9 Å². The molecule has 2 aromatic heterocycles. The number of carbonyl (C=O) groups is 3. The van der Waals surface area contributed by atoms with E-state index < -0.39 is 0 Å². The van der Waals surface area contributed by atoms with Crippen molar-refractivity contribution in [2.75, 3.05) is 6.54 Å². The van der Waals surface area contributed by atoms with Crippen LogP contribution < -0.4 is 5.32 Å². The molecule has 0 atom stereocenters. The third-order valence-corrected chi connectivity index (χ3v) is 4.31. The summed E-state index contributed by atoms with van der Waals surface area (Å²) in [5, 5.41) is 4.67. The second-order valence-electron chi connectivity index (χ2n) is 4.93. The number of hydrogen-bond acceptors (Lipinski definition) is 5. The highest BCUT2D eigenvalue weighted by Gasteiger charge is 2.30. The van der Waals surface area contributed by atoms with E-state index in [1.165, 1.54) is 11.3 Å². The van der Waals surface area contributed by atoms with Crippen molar-refractivity contribution in [3.8, 4) is 11.3 Å². The molecule has 1 N–H and O–H groups in total. The van der Waals surface area contributed by atoms with E-state index in [1.54, 1.807) is 6.26 Å². The number of rotatable bonds is 5. The topological polar surface area (TPSA) is 79.6 Å². The Kier molecular flexibility index (Phi) is 4.06. The van der Waals surface area contributed by atoms with Crippen LogP contribution in [0.5, 0.6) is 0 Å². The summed E-state index contributed by atoms with van der Waals surface area (Å²) in [6, 6.07) is 5.63. The van der Waals surface area contributed by atoms with Gasteiger partial charge in [0.2, 0.25) is 17.7 Å². The number of furan rings is 1. The summed E-state index contributed by atoms with van der Waals surface area (Å²) in [5.74, 6) is -0.119. The molecular weight excluding hydrogens is 304 g/mol. The second kappa shape index (κ2) is 6.15. The van der Waals surface area contributed by atoms with E-state index in [0.29, 0.717) is 6.54 Å². The minimum Gasteiger partial charge on any atom is -0.464 e. The van der Waals surface area contributed by atoms with Gasteiger partial charge in [0.15, 0.2) is 0 Å². The molecule has 114 valence electrons. The van der Waals surface area contributed by atoms with Crippen LogP contribution in [0.25, 0.3) is 11.3 Å². The van der Waals surface area contributed by atoms with E-state index >= 15 is 0 Å². The van der Waals surface area contributed by atoms with Gasteiger partial charge < -0.3 is 9.73 Å². The van der Waals surface area contributed by atoms with Crippen molar-refractivity contribution in [1.82, 2.24) is 10.2 Å². The van der Waals surface area contributed by atoms with Crippen LogP contribution in [0.4, 0.5) is 0 Å². The molecule has 3 heterocycles. The largest absolute Gasteiger partial charge is 0.464 e. The van der Waals surface area contributed by atoms with E-state index in [9.17, 15) is 14.4 Å². The van der Waals surface area contributed by atoms with Gasteiger partial charge in [-0.1, -0.05) is 0 Å². The quantitative estimate of drug-likeness (QED) is 0.852. The molecule has 0 bridgehead atoms. The van der Waals surface area contributed by atoms with Crippen molar-refractivity contribution < 1.29 is 18.8 Å². The number of nitrogens with zero attached hydrogens (tertiary/aromatic N) is 1. The number of likely N-dealkylation sites (tertiary alicyclic amines) is 1. The Hall–Kier alpha value is -2.41. The molecule has 0 spiro atoms. The zero-order valence-corrected chi connectivity index (χ0v) is 12.5. The van der Waals surface area contributed by atoms with Gasteiger partial charge in [-0.25, -0.2) is 0 Å². The van der Waals surface area contributed by atoms with Gasteiger partial charge in [0.05, 0.1) is 12.8 Å². The fraction of sp³-hybridized carbons (Fsp3) is 0.267. The van der Waals surface area contributed by atoms with Crippen LogP contribution in [-0.4, -0.2) is 29.2 Å². The van der Waals surface area contributed by atoms with Gasteiger partial charge in [-0.2, -0.15) is 0 Å². The Morgan fingerprint density at radius 3 is 2.77 bits per heavy atom. The lowest BCUT2D eigenvalue weighted by Gasteiger charge is -2.12. The predicted molar refractivity (Wildman–Crippen MR) is 79.8 cm³/mol. The van der Waals surface area contributed by atoms with Crippen molar-refractivity contribution in [2.45, 2.75) is 19.4 Å². The average molecular weight is 318 g/mol. The summed E-state index contributed by atoms with van der Waals surface area (Å²) >= 11 is 1.51. The van der Waals surface area contributed by atoms with Crippen LogP contribution in [0.1, 0.15) is 17.7 Å². The number of hydrogen-bond donors (Lipinski definition) is 1. The Morgan fingerprint density at radius 2 is 2.09 bits per heavy atom. The van der Waals surface area contributed by atoms with E-state index in [-0.39, 0.29) is 37.1 Å². The third kappa shape index (κ3) is 3.09. The highest BCUT2D eigenvalue weighted by atomic mass is 32.1. The normalized spacial score (nSPS) is 14.6. The van der Waals surface area contributed by atoms with Crippen molar-refractivity contribution in [3.05, 3.63) is 34.7 Å². The van der Waals surface area contributed by atoms with Crippen LogP contribution in [0.2, 0.25) is 0 Å². The van der Waals surface area contributed by atoms with E-state index in [2.05, 4.69) is 5.32 Å². The summed E-state index contributed by atoms with van der Waals surface area (Å²) in [4.78, 5) is 36.7. The minimum atomic E-state index is -0.337. The van der Waals surface area contributed by atoms with E-state index in [0.717, 1.165) is 21.1 Å². The Bertz CT molecular complexity index is 689. The first kappa shape index (κ1) is 14.5. The fourth-order valence-corrected chi connectivity index (χ4v) is 3.04. The highest BCUT2D eigenvalue weighted by molar-refractivity contribution is 7.10. The van der Waals surface area contributed by atoms with Gasteiger partial charge in [-0.15, -0.1) is 11.3 Å². The number of nitrogens with one attached hydrogen (secondary N) is 1. The molecule has 3 rings (SSSR count). The first-order valence-electron chi connectivity index (χ1n) is 6.84. The smallest absolute Gasteiger partial charge is 0.240 e. The summed E-state index contributed by atoms with van der Waals surface area (Å²) in [6.45, 7) is 0.161. The molecule has 1 aliphatic rings. The van der Waals surface area contributed by atoms with Crippen molar-refractivity contribution in [3.63, 3.8) is 0 Å². The molecule has 0 aliphatic carbocycles. The first-order chi connectivity index (χ1) is 10.6. The lowest BCUT2D eigenvalue weighted by molar-refractivity contribution is -0.142. The number of amides is 3. The average Bonchev–Trinajstić information content (AvgIpc) is 3.22. The molecule has 3 amide bonds. The van der Waals surface area contributed by atoms with Gasteiger partial charge in [-0.3, -0.25) is 19.3 Å².